The highest BCUT2D eigenvalue weighted by molar-refractivity contribution is 6.05. The van der Waals surface area contributed by atoms with Crippen LogP contribution < -0.4 is 10.6 Å². The topological polar surface area (TPSA) is 122 Å². The molecule has 0 saturated carbocycles. The number of phenolic OH excluding ortho intramolecular Hbond substituents is 1. The van der Waals surface area contributed by atoms with Crippen LogP contribution in [0.15, 0.2) is 66.7 Å². The van der Waals surface area contributed by atoms with Gasteiger partial charge in [-0.05, 0) is 54.4 Å². The maximum Gasteiger partial charge on any atom is 0.269 e. The van der Waals surface area contributed by atoms with Gasteiger partial charge in [0.25, 0.3) is 11.6 Å². The van der Waals surface area contributed by atoms with Crippen LogP contribution >= 0.6 is 0 Å². The zero-order chi connectivity index (χ0) is 21.7. The van der Waals surface area contributed by atoms with Crippen molar-refractivity contribution in [3.8, 4) is 5.75 Å². The van der Waals surface area contributed by atoms with E-state index in [1.807, 2.05) is 6.92 Å². The van der Waals surface area contributed by atoms with Gasteiger partial charge in [-0.3, -0.25) is 19.7 Å². The number of aryl methyl sites for hydroxylation is 1. The molecule has 0 aliphatic rings. The fourth-order valence-corrected chi connectivity index (χ4v) is 2.77. The number of nitrogens with zero attached hydrogens (tertiary/aromatic N) is 1. The zero-order valence-electron chi connectivity index (χ0n) is 16.1. The van der Waals surface area contributed by atoms with E-state index in [4.69, 9.17) is 0 Å². The summed E-state index contributed by atoms with van der Waals surface area (Å²) in [5.74, 6) is -0.559. The van der Waals surface area contributed by atoms with Gasteiger partial charge in [0.1, 0.15) is 5.75 Å². The molecule has 0 bridgehead atoms. The summed E-state index contributed by atoms with van der Waals surface area (Å²) >= 11 is 0. The fraction of sp³-hybridized carbons (Fsp3) is 0.0909. The molecule has 3 aromatic carbocycles. The Balaban J connectivity index is 1.66. The molecule has 0 aromatic heterocycles. The molecule has 8 heteroatoms. The van der Waals surface area contributed by atoms with Crippen LogP contribution in [0.4, 0.5) is 17.1 Å². The summed E-state index contributed by atoms with van der Waals surface area (Å²) in [7, 11) is 0. The van der Waals surface area contributed by atoms with E-state index in [2.05, 4.69) is 10.6 Å². The maximum atomic E-state index is 12.4. The van der Waals surface area contributed by atoms with Crippen LogP contribution in [0.3, 0.4) is 0 Å². The smallest absolute Gasteiger partial charge is 0.269 e. The first-order valence-corrected chi connectivity index (χ1v) is 9.06. The number of nitro benzene ring substituents is 1. The summed E-state index contributed by atoms with van der Waals surface area (Å²) in [5, 5.41) is 25.6. The van der Waals surface area contributed by atoms with Crippen molar-refractivity contribution >= 4 is 28.9 Å². The predicted molar refractivity (Wildman–Crippen MR) is 113 cm³/mol. The summed E-state index contributed by atoms with van der Waals surface area (Å²) in [6, 6.07) is 16.8. The Morgan fingerprint density at radius 1 is 0.967 bits per heavy atom. The van der Waals surface area contributed by atoms with Crippen LogP contribution in [0.1, 0.15) is 21.5 Å². The molecule has 0 heterocycles. The van der Waals surface area contributed by atoms with Gasteiger partial charge in [0.15, 0.2) is 0 Å². The molecule has 0 aliphatic heterocycles. The van der Waals surface area contributed by atoms with E-state index in [0.29, 0.717) is 22.5 Å². The molecule has 0 saturated heterocycles. The van der Waals surface area contributed by atoms with Crippen LogP contribution in [0.5, 0.6) is 5.75 Å². The second-order valence-corrected chi connectivity index (χ2v) is 6.68. The Kier molecular flexibility index (Phi) is 6.07. The van der Waals surface area contributed by atoms with Crippen LogP contribution in [0, 0.1) is 17.0 Å². The number of phenols is 1. The number of non-ortho nitro benzene ring substituents is 1. The number of benzene rings is 3. The van der Waals surface area contributed by atoms with Crippen LogP contribution in [-0.4, -0.2) is 21.8 Å². The second-order valence-electron chi connectivity index (χ2n) is 6.68. The second kappa shape index (κ2) is 8.87. The van der Waals surface area contributed by atoms with Gasteiger partial charge in [0, 0.05) is 29.1 Å². The molecule has 0 unspecified atom stereocenters. The van der Waals surface area contributed by atoms with Gasteiger partial charge in [0.2, 0.25) is 5.91 Å². The number of anilines is 2. The lowest BCUT2D eigenvalue weighted by Crippen LogP contribution is -2.16. The number of hydrogen-bond donors (Lipinski definition) is 3. The third-order valence-electron chi connectivity index (χ3n) is 4.41. The largest absolute Gasteiger partial charge is 0.508 e. The summed E-state index contributed by atoms with van der Waals surface area (Å²) < 4.78 is 0. The average Bonchev–Trinajstić information content (AvgIpc) is 2.71. The van der Waals surface area contributed by atoms with Gasteiger partial charge in [-0.15, -0.1) is 0 Å². The van der Waals surface area contributed by atoms with E-state index in [1.54, 1.807) is 18.2 Å². The summed E-state index contributed by atoms with van der Waals surface area (Å²) in [6.07, 6.45) is 0.0566. The van der Waals surface area contributed by atoms with Crippen molar-refractivity contribution in [3.63, 3.8) is 0 Å². The normalized spacial score (nSPS) is 10.3. The van der Waals surface area contributed by atoms with Gasteiger partial charge in [-0.1, -0.05) is 18.2 Å². The number of nitro groups is 1. The number of aromatic hydroxyl groups is 1. The molecule has 0 aliphatic carbocycles. The number of amides is 2. The lowest BCUT2D eigenvalue weighted by molar-refractivity contribution is -0.384. The highest BCUT2D eigenvalue weighted by atomic mass is 16.6. The van der Waals surface area contributed by atoms with Crippen molar-refractivity contribution in [2.75, 3.05) is 10.6 Å². The molecule has 0 radical (unpaired) electrons. The Labute approximate surface area is 172 Å². The third kappa shape index (κ3) is 5.20. The Hall–Kier alpha value is -4.20. The molecule has 2 amide bonds. The first-order valence-electron chi connectivity index (χ1n) is 9.06. The Morgan fingerprint density at radius 3 is 2.27 bits per heavy atom. The third-order valence-corrected chi connectivity index (χ3v) is 4.41. The minimum Gasteiger partial charge on any atom is -0.508 e. The minimum absolute atomic E-state index is 0.0355. The van der Waals surface area contributed by atoms with Gasteiger partial charge >= 0.3 is 0 Å². The molecule has 0 atom stereocenters. The van der Waals surface area contributed by atoms with Gasteiger partial charge in [0.05, 0.1) is 11.3 Å². The number of rotatable bonds is 6. The van der Waals surface area contributed by atoms with E-state index in [0.717, 1.165) is 5.56 Å². The van der Waals surface area contributed by atoms with Crippen molar-refractivity contribution in [1.82, 2.24) is 0 Å². The van der Waals surface area contributed by atoms with E-state index >= 15 is 0 Å². The number of hydrogen-bond acceptors (Lipinski definition) is 5. The molecule has 3 aromatic rings. The highest BCUT2D eigenvalue weighted by Crippen LogP contribution is 2.22. The van der Waals surface area contributed by atoms with Crippen molar-refractivity contribution in [2.24, 2.45) is 0 Å². The zero-order valence-corrected chi connectivity index (χ0v) is 16.1. The highest BCUT2D eigenvalue weighted by Gasteiger charge is 2.11. The van der Waals surface area contributed by atoms with E-state index < -0.39 is 4.92 Å². The molecule has 3 N–H and O–H groups in total. The minimum atomic E-state index is -0.496. The lowest BCUT2D eigenvalue weighted by Gasteiger charge is -2.12. The van der Waals surface area contributed by atoms with E-state index in [9.17, 15) is 24.8 Å². The molecule has 0 spiro atoms. The maximum absolute atomic E-state index is 12.4. The quantitative estimate of drug-likeness (QED) is 0.422. The van der Waals surface area contributed by atoms with Crippen LogP contribution in [0.25, 0.3) is 0 Å². The summed E-state index contributed by atoms with van der Waals surface area (Å²) in [6.45, 7) is 1.83. The van der Waals surface area contributed by atoms with E-state index in [1.165, 1.54) is 48.5 Å². The molecular weight excluding hydrogens is 386 g/mol. The van der Waals surface area contributed by atoms with Crippen LogP contribution in [-0.2, 0) is 11.2 Å². The Morgan fingerprint density at radius 2 is 1.63 bits per heavy atom. The summed E-state index contributed by atoms with van der Waals surface area (Å²) in [5.41, 5.74) is 2.86. The van der Waals surface area contributed by atoms with Crippen molar-refractivity contribution in [1.29, 1.82) is 0 Å². The number of carbonyl (C=O) groups excluding carboxylic acids is 2. The molecule has 8 nitrogen and oxygen atoms in total. The molecular formula is C22H19N3O5. The molecule has 152 valence electrons. The lowest BCUT2D eigenvalue weighted by atomic mass is 10.1. The van der Waals surface area contributed by atoms with Gasteiger partial charge in [-0.2, -0.15) is 0 Å². The predicted octanol–water partition coefficient (Wildman–Crippen LogP) is 4.04. The average molecular weight is 405 g/mol. The van der Waals surface area contributed by atoms with Gasteiger partial charge < -0.3 is 15.7 Å². The first-order chi connectivity index (χ1) is 14.3. The van der Waals surface area contributed by atoms with E-state index in [-0.39, 0.29) is 29.7 Å². The Bertz CT molecular complexity index is 1090. The number of carbonyl (C=O) groups is 2. The standard InChI is InChI=1S/C22H19N3O5/c1-14-2-7-17(13-20(14)24-22(28)16-5-10-19(26)11-6-16)23-21(27)12-15-3-8-18(9-4-15)25(29)30/h2-11,13,26H,12H2,1H3,(H,23,27)(H,24,28). The molecule has 0 fully saturated rings. The van der Waals surface area contributed by atoms with Gasteiger partial charge in [-0.25, -0.2) is 0 Å². The first kappa shape index (κ1) is 20.5. The fourth-order valence-electron chi connectivity index (χ4n) is 2.77. The monoisotopic (exact) mass is 405 g/mol. The molecule has 30 heavy (non-hydrogen) atoms. The summed E-state index contributed by atoms with van der Waals surface area (Å²) in [4.78, 5) is 34.9. The van der Waals surface area contributed by atoms with Crippen LogP contribution in [0.2, 0.25) is 0 Å². The van der Waals surface area contributed by atoms with Crippen molar-refractivity contribution in [2.45, 2.75) is 13.3 Å². The van der Waals surface area contributed by atoms with Crippen molar-refractivity contribution < 1.29 is 19.6 Å². The van der Waals surface area contributed by atoms with Crippen molar-refractivity contribution in [3.05, 3.63) is 93.5 Å². The number of nitrogens with one attached hydrogen (secondary N) is 2. The molecule has 3 rings (SSSR count). The SMILES string of the molecule is Cc1ccc(NC(=O)Cc2ccc([N+](=O)[O-])cc2)cc1NC(=O)c1ccc(O)cc1.